The molecule has 224 valence electrons. The lowest BCUT2D eigenvalue weighted by molar-refractivity contribution is -0.135. The summed E-state index contributed by atoms with van der Waals surface area (Å²) in [4.78, 5) is 32.8. The number of aromatic nitrogens is 1. The summed E-state index contributed by atoms with van der Waals surface area (Å²) in [5.41, 5.74) is 6.95. The van der Waals surface area contributed by atoms with E-state index in [1.165, 1.54) is 16.2 Å². The molecule has 0 unspecified atom stereocenters. The van der Waals surface area contributed by atoms with Gasteiger partial charge in [-0.2, -0.15) is 0 Å². The zero-order valence-corrected chi connectivity index (χ0v) is 25.9. The van der Waals surface area contributed by atoms with Gasteiger partial charge in [-0.1, -0.05) is 86.8 Å². The lowest BCUT2D eigenvalue weighted by Crippen LogP contribution is -2.47. The number of hydrogen-bond acceptors (Lipinski definition) is 5. The highest BCUT2D eigenvalue weighted by Crippen LogP contribution is 2.30. The van der Waals surface area contributed by atoms with Crippen molar-refractivity contribution in [2.24, 2.45) is 0 Å². The minimum Gasteiger partial charge on any atom is -0.375 e. The summed E-state index contributed by atoms with van der Waals surface area (Å²) in [5, 5.41) is 3.42. The molecule has 1 aliphatic carbocycles. The van der Waals surface area contributed by atoms with Gasteiger partial charge in [-0.3, -0.25) is 9.59 Å². The van der Waals surface area contributed by atoms with Gasteiger partial charge in [0.2, 0.25) is 11.8 Å². The van der Waals surface area contributed by atoms with Gasteiger partial charge in [-0.15, -0.1) is 11.3 Å². The van der Waals surface area contributed by atoms with Crippen LogP contribution in [0.3, 0.4) is 0 Å². The molecule has 0 radical (unpaired) electrons. The summed E-state index contributed by atoms with van der Waals surface area (Å²) in [6.07, 6.45) is 36.3. The van der Waals surface area contributed by atoms with Crippen LogP contribution in [0.15, 0.2) is 72.9 Å². The number of nitrogens with two attached hydrogens (primary N) is 1. The van der Waals surface area contributed by atoms with Gasteiger partial charge in [0.25, 0.3) is 0 Å². The van der Waals surface area contributed by atoms with Crippen molar-refractivity contribution in [1.82, 2.24) is 15.2 Å². The number of carbonyl (C=O) groups excluding carboxylic acids is 2. The zero-order chi connectivity index (χ0) is 29.5. The maximum Gasteiger partial charge on any atom is 0.242 e. The third kappa shape index (κ3) is 14.8. The number of fused-ring (bicyclic) bond motifs is 1. The molecule has 1 aromatic heterocycles. The van der Waals surface area contributed by atoms with Crippen LogP contribution in [0.5, 0.6) is 0 Å². The molecule has 7 heteroatoms. The van der Waals surface area contributed by atoms with E-state index in [0.717, 1.165) is 69.9 Å². The highest BCUT2D eigenvalue weighted by molar-refractivity contribution is 7.15. The highest BCUT2D eigenvalue weighted by Gasteiger charge is 2.29. The van der Waals surface area contributed by atoms with Gasteiger partial charge in [0, 0.05) is 30.3 Å². The first-order chi connectivity index (χ1) is 20.0. The normalized spacial score (nSPS) is 15.8. The predicted molar refractivity (Wildman–Crippen MR) is 175 cm³/mol. The number of nitrogens with one attached hydrogen (secondary N) is 1. The highest BCUT2D eigenvalue weighted by atomic mass is 32.1. The standard InChI is InChI=1S/C34H50N4O2S/c1-3-5-6-7-8-9-10-11-12-13-14-15-16-17-18-19-20-21-22-23-32(39)36-28-33(40)38(26-4-2)29-24-25-30-31(27-29)41-34(35)37-30/h5-6,8-9,11-12,14-15,17-18,20-21,29H,3-4,7,10,13,16,19,22-28H2,1-2H3,(H2,35,37)(H,36,39)/t29-/m1/s1. The Hall–Kier alpha value is -3.19. The van der Waals surface area contributed by atoms with Gasteiger partial charge >= 0.3 is 0 Å². The summed E-state index contributed by atoms with van der Waals surface area (Å²) in [7, 11) is 0. The number of thiazole rings is 1. The Labute approximate surface area is 251 Å². The molecule has 0 aliphatic heterocycles. The van der Waals surface area contributed by atoms with E-state index in [2.05, 4.69) is 91.0 Å². The quantitative estimate of drug-likeness (QED) is 0.167. The average Bonchev–Trinajstić information content (AvgIpc) is 3.35. The summed E-state index contributed by atoms with van der Waals surface area (Å²) in [5.74, 6) is -0.101. The SMILES string of the molecule is CCC=CCC=CCC=CCC=CCC=CCC=CCCC(=O)NCC(=O)N(CCC)[C@@H]1CCc2nc(N)sc2C1. The second-order valence-corrected chi connectivity index (χ2v) is 11.3. The van der Waals surface area contributed by atoms with Crippen LogP contribution >= 0.6 is 11.3 Å². The van der Waals surface area contributed by atoms with Gasteiger partial charge < -0.3 is 16.0 Å². The molecular formula is C34H50N4O2S. The van der Waals surface area contributed by atoms with Crippen LogP contribution in [0.2, 0.25) is 0 Å². The van der Waals surface area contributed by atoms with Crippen molar-refractivity contribution >= 4 is 28.3 Å². The number of nitrogen functional groups attached to an aromatic ring is 1. The van der Waals surface area contributed by atoms with Crippen LogP contribution in [0.25, 0.3) is 0 Å². The molecule has 0 spiro atoms. The van der Waals surface area contributed by atoms with Crippen molar-refractivity contribution in [1.29, 1.82) is 0 Å². The molecule has 6 nitrogen and oxygen atoms in total. The number of hydrogen-bond donors (Lipinski definition) is 2. The Bertz CT molecular complexity index is 1080. The summed E-state index contributed by atoms with van der Waals surface area (Å²) in [6.45, 7) is 4.97. The van der Waals surface area contributed by atoms with Crippen molar-refractivity contribution in [3.63, 3.8) is 0 Å². The lowest BCUT2D eigenvalue weighted by atomic mass is 9.96. The van der Waals surface area contributed by atoms with E-state index in [9.17, 15) is 9.59 Å². The Kier molecular flexibility index (Phi) is 17.9. The second kappa shape index (κ2) is 21.5. The molecule has 1 heterocycles. The molecule has 1 aliphatic rings. The van der Waals surface area contributed by atoms with Crippen LogP contribution in [0.4, 0.5) is 5.13 Å². The molecule has 2 amide bonds. The second-order valence-electron chi connectivity index (χ2n) is 10.1. The molecular weight excluding hydrogens is 528 g/mol. The topological polar surface area (TPSA) is 88.3 Å². The molecule has 0 saturated heterocycles. The first-order valence-electron chi connectivity index (χ1n) is 15.2. The van der Waals surface area contributed by atoms with Crippen LogP contribution in [0, 0.1) is 0 Å². The number of anilines is 1. The minimum atomic E-state index is -0.0875. The molecule has 1 atom stereocenters. The predicted octanol–water partition coefficient (Wildman–Crippen LogP) is 7.42. The van der Waals surface area contributed by atoms with Crippen LogP contribution < -0.4 is 11.1 Å². The fourth-order valence-electron chi connectivity index (χ4n) is 4.61. The van der Waals surface area contributed by atoms with Crippen LogP contribution in [-0.4, -0.2) is 40.8 Å². The molecule has 0 fully saturated rings. The zero-order valence-electron chi connectivity index (χ0n) is 25.1. The number of allylic oxidation sites excluding steroid dienone is 12. The third-order valence-electron chi connectivity index (χ3n) is 6.73. The van der Waals surface area contributed by atoms with E-state index in [0.29, 0.717) is 24.5 Å². The Morgan fingerprint density at radius 3 is 2.02 bits per heavy atom. The van der Waals surface area contributed by atoms with E-state index in [1.807, 2.05) is 11.0 Å². The van der Waals surface area contributed by atoms with Gasteiger partial charge in [-0.05, 0) is 64.2 Å². The summed E-state index contributed by atoms with van der Waals surface area (Å²) >= 11 is 1.52. The summed E-state index contributed by atoms with van der Waals surface area (Å²) < 4.78 is 0. The lowest BCUT2D eigenvalue weighted by Gasteiger charge is -2.34. The maximum absolute atomic E-state index is 12.9. The van der Waals surface area contributed by atoms with Crippen LogP contribution in [0.1, 0.15) is 88.6 Å². The van der Waals surface area contributed by atoms with Crippen molar-refractivity contribution in [2.75, 3.05) is 18.8 Å². The van der Waals surface area contributed by atoms with Crippen molar-refractivity contribution in [3.8, 4) is 0 Å². The third-order valence-corrected chi connectivity index (χ3v) is 7.68. The van der Waals surface area contributed by atoms with Crippen molar-refractivity contribution in [3.05, 3.63) is 83.5 Å². The van der Waals surface area contributed by atoms with Gasteiger partial charge in [0.05, 0.1) is 12.2 Å². The van der Waals surface area contributed by atoms with Gasteiger partial charge in [-0.25, -0.2) is 4.98 Å². The van der Waals surface area contributed by atoms with Gasteiger partial charge in [0.1, 0.15) is 0 Å². The molecule has 3 N–H and O–H groups in total. The monoisotopic (exact) mass is 578 g/mol. The Morgan fingerprint density at radius 2 is 1.46 bits per heavy atom. The fraction of sp³-hybridized carbons (Fsp3) is 0.500. The van der Waals surface area contributed by atoms with E-state index in [4.69, 9.17) is 5.73 Å². The smallest absolute Gasteiger partial charge is 0.242 e. The molecule has 41 heavy (non-hydrogen) atoms. The first-order valence-corrected chi connectivity index (χ1v) is 16.1. The number of nitrogens with zero attached hydrogens (tertiary/aromatic N) is 2. The molecule has 0 aromatic carbocycles. The van der Waals surface area contributed by atoms with Crippen molar-refractivity contribution < 1.29 is 9.59 Å². The van der Waals surface area contributed by atoms with E-state index >= 15 is 0 Å². The fourth-order valence-corrected chi connectivity index (χ4v) is 5.56. The minimum absolute atomic E-state index is 0.0138. The molecule has 0 saturated carbocycles. The first kappa shape index (κ1) is 34.0. The van der Waals surface area contributed by atoms with E-state index in [-0.39, 0.29) is 24.4 Å². The number of carbonyl (C=O) groups is 2. The Morgan fingerprint density at radius 1 is 0.902 bits per heavy atom. The van der Waals surface area contributed by atoms with Gasteiger partial charge in [0.15, 0.2) is 5.13 Å². The molecule has 0 bridgehead atoms. The molecule has 2 rings (SSSR count). The van der Waals surface area contributed by atoms with E-state index < -0.39 is 0 Å². The van der Waals surface area contributed by atoms with Crippen molar-refractivity contribution in [2.45, 2.75) is 96.9 Å². The Balaban J connectivity index is 1.54. The maximum atomic E-state index is 12.9. The molecule has 1 aromatic rings. The average molecular weight is 579 g/mol. The largest absolute Gasteiger partial charge is 0.375 e. The number of aryl methyl sites for hydroxylation is 1. The number of rotatable bonds is 19. The number of amides is 2. The van der Waals surface area contributed by atoms with E-state index in [1.54, 1.807) is 0 Å². The van der Waals surface area contributed by atoms with Crippen LogP contribution in [-0.2, 0) is 22.4 Å². The summed E-state index contributed by atoms with van der Waals surface area (Å²) in [6, 6.07) is 0.144.